The molecule has 1 unspecified atom stereocenters. The largest absolute Gasteiger partial charge is 0.481 e. The van der Waals surface area contributed by atoms with Gasteiger partial charge >= 0.3 is 0 Å². The third-order valence-electron chi connectivity index (χ3n) is 2.80. The molecule has 0 aliphatic rings. The van der Waals surface area contributed by atoms with Crippen LogP contribution >= 0.6 is 0 Å². The second kappa shape index (κ2) is 8.77. The van der Waals surface area contributed by atoms with Crippen LogP contribution in [-0.2, 0) is 11.2 Å². The normalized spacial score (nSPS) is 12.4. The molecule has 0 amide bonds. The molecule has 1 N–H and O–H groups in total. The van der Waals surface area contributed by atoms with Crippen molar-refractivity contribution in [2.45, 2.75) is 32.7 Å². The highest BCUT2D eigenvalue weighted by Crippen LogP contribution is 2.11. The van der Waals surface area contributed by atoms with E-state index in [-0.39, 0.29) is 18.5 Å². The Hall–Kier alpha value is -2.26. The van der Waals surface area contributed by atoms with Gasteiger partial charge in [0.25, 0.3) is 0 Å². The van der Waals surface area contributed by atoms with E-state index in [9.17, 15) is 0 Å². The van der Waals surface area contributed by atoms with Gasteiger partial charge in [0.05, 0.1) is 6.04 Å². The lowest BCUT2D eigenvalue weighted by molar-refractivity contribution is 0.288. The summed E-state index contributed by atoms with van der Waals surface area (Å²) in [6.45, 7) is 3.78. The lowest BCUT2D eigenvalue weighted by atomic mass is 10.0. The smallest absolute Gasteiger partial charge is 0.177 e. The number of rotatable bonds is 7. The molecule has 0 aromatic heterocycles. The second-order valence-corrected chi connectivity index (χ2v) is 4.64. The second-order valence-electron chi connectivity index (χ2n) is 4.64. The minimum Gasteiger partial charge on any atom is -0.481 e. The predicted molar refractivity (Wildman–Crippen MR) is 80.8 cm³/mol. The van der Waals surface area contributed by atoms with Crippen molar-refractivity contribution >= 4 is 5.90 Å². The zero-order valence-corrected chi connectivity index (χ0v) is 11.9. The van der Waals surface area contributed by atoms with E-state index in [4.69, 9.17) is 15.7 Å². The van der Waals surface area contributed by atoms with Crippen molar-refractivity contribution < 1.29 is 4.74 Å². The number of ether oxygens (including phenoxy) is 1. The lowest BCUT2D eigenvalue weighted by Crippen LogP contribution is -2.13. The van der Waals surface area contributed by atoms with E-state index in [0.717, 1.165) is 18.4 Å². The Kier molecular flexibility index (Phi) is 6.93. The molecule has 1 aromatic rings. The van der Waals surface area contributed by atoms with Gasteiger partial charge in [0.15, 0.2) is 5.90 Å². The number of nitrogens with zero attached hydrogens (tertiary/aromatic N) is 3. The van der Waals surface area contributed by atoms with Crippen LogP contribution in [0.3, 0.4) is 0 Å². The van der Waals surface area contributed by atoms with Crippen LogP contribution in [0.4, 0.5) is 0 Å². The van der Waals surface area contributed by atoms with Gasteiger partial charge in [-0.05, 0) is 30.9 Å². The zero-order valence-electron chi connectivity index (χ0n) is 11.9. The summed E-state index contributed by atoms with van der Waals surface area (Å²) in [5.41, 5.74) is 11.0. The summed E-state index contributed by atoms with van der Waals surface area (Å²) in [5, 5.41) is 10.9. The molecule has 0 aliphatic heterocycles. The number of hydrogen-bond acceptors (Lipinski definition) is 3. The number of nitrogens with one attached hydrogen (secondary N) is 1. The highest BCUT2D eigenvalue weighted by atomic mass is 16.5. The van der Waals surface area contributed by atoms with Gasteiger partial charge in [-0.15, -0.1) is 0 Å². The zero-order chi connectivity index (χ0) is 14.8. The molecule has 0 heterocycles. The number of azide groups is 1. The van der Waals surface area contributed by atoms with E-state index in [1.54, 1.807) is 6.92 Å². The van der Waals surface area contributed by atoms with Crippen LogP contribution in [0.2, 0.25) is 0 Å². The molecule has 0 bridgehead atoms. The Labute approximate surface area is 119 Å². The van der Waals surface area contributed by atoms with Crippen molar-refractivity contribution in [3.63, 3.8) is 0 Å². The number of benzene rings is 1. The summed E-state index contributed by atoms with van der Waals surface area (Å²) in [6, 6.07) is 9.88. The maximum atomic E-state index is 8.54. The molecule has 0 saturated heterocycles. The van der Waals surface area contributed by atoms with Crippen LogP contribution in [0.1, 0.15) is 25.8 Å². The van der Waals surface area contributed by atoms with Crippen LogP contribution in [0, 0.1) is 5.41 Å². The van der Waals surface area contributed by atoms with Gasteiger partial charge in [0.2, 0.25) is 0 Å². The van der Waals surface area contributed by atoms with Crippen LogP contribution in [-0.4, -0.2) is 18.5 Å². The summed E-state index contributed by atoms with van der Waals surface area (Å²) in [4.78, 5) is 2.82. The van der Waals surface area contributed by atoms with Crippen LogP contribution in [0.25, 0.3) is 10.4 Å². The molecular weight excluding hydrogens is 252 g/mol. The van der Waals surface area contributed by atoms with Crippen molar-refractivity contribution in [3.8, 4) is 0 Å². The SMILES string of the molecule is CC(=N)OCC(C=C(C)CCc1ccccc1)N=[N+]=[N-]. The molecule has 0 aliphatic carbocycles. The third-order valence-corrected chi connectivity index (χ3v) is 2.80. The fraction of sp³-hybridized carbons (Fsp3) is 0.400. The van der Waals surface area contributed by atoms with E-state index in [0.29, 0.717) is 0 Å². The summed E-state index contributed by atoms with van der Waals surface area (Å²) in [7, 11) is 0. The highest BCUT2D eigenvalue weighted by Gasteiger charge is 2.05. The topological polar surface area (TPSA) is 81.8 Å². The van der Waals surface area contributed by atoms with Crippen molar-refractivity contribution in [1.29, 1.82) is 5.41 Å². The molecule has 0 spiro atoms. The molecule has 1 rings (SSSR count). The lowest BCUT2D eigenvalue weighted by Gasteiger charge is -2.09. The summed E-state index contributed by atoms with van der Waals surface area (Å²) in [6.07, 6.45) is 3.77. The molecule has 0 radical (unpaired) electrons. The van der Waals surface area contributed by atoms with Gasteiger partial charge in [-0.1, -0.05) is 47.1 Å². The maximum absolute atomic E-state index is 8.54. The van der Waals surface area contributed by atoms with E-state index < -0.39 is 0 Å². The minimum absolute atomic E-state index is 0.124. The first-order valence-corrected chi connectivity index (χ1v) is 6.55. The van der Waals surface area contributed by atoms with Crippen molar-refractivity contribution in [2.75, 3.05) is 6.61 Å². The quantitative estimate of drug-likeness (QED) is 0.197. The molecule has 1 aromatic carbocycles. The minimum atomic E-state index is -0.365. The van der Waals surface area contributed by atoms with Crippen LogP contribution in [0.15, 0.2) is 47.1 Å². The average molecular weight is 272 g/mol. The van der Waals surface area contributed by atoms with Crippen LogP contribution < -0.4 is 0 Å². The van der Waals surface area contributed by atoms with Gasteiger partial charge in [-0.2, -0.15) is 0 Å². The Bertz CT molecular complexity index is 504. The Morgan fingerprint density at radius 1 is 1.40 bits per heavy atom. The Morgan fingerprint density at radius 2 is 2.10 bits per heavy atom. The maximum Gasteiger partial charge on any atom is 0.177 e. The Morgan fingerprint density at radius 3 is 2.70 bits per heavy atom. The summed E-state index contributed by atoms with van der Waals surface area (Å²) in [5.74, 6) is 0.124. The first kappa shape index (κ1) is 15.8. The third kappa shape index (κ3) is 6.61. The molecule has 0 saturated carbocycles. The molecule has 5 heteroatoms. The monoisotopic (exact) mass is 272 g/mol. The first-order chi connectivity index (χ1) is 9.61. The molecular formula is C15H20N4O. The molecule has 5 nitrogen and oxygen atoms in total. The summed E-state index contributed by atoms with van der Waals surface area (Å²) >= 11 is 0. The van der Waals surface area contributed by atoms with E-state index in [1.807, 2.05) is 31.2 Å². The number of hydrogen-bond donors (Lipinski definition) is 1. The fourth-order valence-electron chi connectivity index (χ4n) is 1.79. The van der Waals surface area contributed by atoms with Crippen molar-refractivity contribution in [2.24, 2.45) is 5.11 Å². The van der Waals surface area contributed by atoms with Gasteiger partial charge in [0, 0.05) is 11.8 Å². The van der Waals surface area contributed by atoms with Gasteiger partial charge in [0.1, 0.15) is 6.61 Å². The van der Waals surface area contributed by atoms with Gasteiger partial charge in [-0.3, -0.25) is 5.41 Å². The summed E-state index contributed by atoms with van der Waals surface area (Å²) < 4.78 is 5.09. The van der Waals surface area contributed by atoms with E-state index in [1.165, 1.54) is 5.56 Å². The number of aryl methyl sites for hydroxylation is 1. The van der Waals surface area contributed by atoms with Crippen LogP contribution in [0.5, 0.6) is 0 Å². The predicted octanol–water partition coefficient (Wildman–Crippen LogP) is 4.26. The molecule has 1 atom stereocenters. The molecule has 0 fully saturated rings. The van der Waals surface area contributed by atoms with Crippen molar-refractivity contribution in [3.05, 3.63) is 58.0 Å². The molecule has 20 heavy (non-hydrogen) atoms. The fourth-order valence-corrected chi connectivity index (χ4v) is 1.79. The highest BCUT2D eigenvalue weighted by molar-refractivity contribution is 5.69. The van der Waals surface area contributed by atoms with E-state index >= 15 is 0 Å². The van der Waals surface area contributed by atoms with Gasteiger partial charge < -0.3 is 4.74 Å². The van der Waals surface area contributed by atoms with E-state index in [2.05, 4.69) is 22.2 Å². The average Bonchev–Trinajstić information content (AvgIpc) is 2.44. The first-order valence-electron chi connectivity index (χ1n) is 6.55. The number of allylic oxidation sites excluding steroid dienone is 1. The Balaban J connectivity index is 2.54. The van der Waals surface area contributed by atoms with Crippen molar-refractivity contribution in [1.82, 2.24) is 0 Å². The van der Waals surface area contributed by atoms with Gasteiger partial charge in [-0.25, -0.2) is 0 Å². The standard InChI is InChI=1S/C15H20N4O/c1-12(8-9-14-6-4-3-5-7-14)10-15(18-19-17)11-20-13(2)16/h3-7,10,15-16H,8-9,11H2,1-2H3. The molecule has 106 valence electrons.